The lowest BCUT2D eigenvalue weighted by molar-refractivity contribution is -0.142. The van der Waals surface area contributed by atoms with Gasteiger partial charge in [-0.1, -0.05) is 0 Å². The van der Waals surface area contributed by atoms with Gasteiger partial charge in [0.25, 0.3) is 0 Å². The van der Waals surface area contributed by atoms with Crippen LogP contribution in [0.15, 0.2) is 6.20 Å². The number of anilines is 1. The lowest BCUT2D eigenvalue weighted by Crippen LogP contribution is -2.32. The maximum atomic E-state index is 10.9. The number of nitrogens with two attached hydrogens (primary N) is 2. The van der Waals surface area contributed by atoms with Crippen LogP contribution in [-0.2, 0) is 16.1 Å². The van der Waals surface area contributed by atoms with Gasteiger partial charge in [0.2, 0.25) is 0 Å². The number of hydrogen-bond donors (Lipinski definition) is 2. The summed E-state index contributed by atoms with van der Waals surface area (Å²) in [5.74, 6) is -0.0956. The molecule has 1 rings (SSSR count). The van der Waals surface area contributed by atoms with Crippen molar-refractivity contribution in [3.8, 4) is 0 Å². The van der Waals surface area contributed by atoms with E-state index in [9.17, 15) is 4.79 Å². The van der Waals surface area contributed by atoms with Crippen molar-refractivity contribution < 1.29 is 9.53 Å². The van der Waals surface area contributed by atoms with Crippen molar-refractivity contribution in [2.45, 2.75) is 19.0 Å². The number of esters is 1. The van der Waals surface area contributed by atoms with E-state index in [1.165, 1.54) is 18.1 Å². The Kier molecular flexibility index (Phi) is 3.41. The summed E-state index contributed by atoms with van der Waals surface area (Å²) >= 11 is 0. The molecule has 7 nitrogen and oxygen atoms in total. The highest BCUT2D eigenvalue weighted by Gasteiger charge is 2.13. The second-order valence-corrected chi connectivity index (χ2v) is 2.78. The molecule has 1 aromatic rings. The van der Waals surface area contributed by atoms with Crippen LogP contribution in [0.5, 0.6) is 0 Å². The van der Waals surface area contributed by atoms with E-state index in [0.717, 1.165) is 0 Å². The highest BCUT2D eigenvalue weighted by atomic mass is 16.5. The normalized spacial score (nSPS) is 12.4. The van der Waals surface area contributed by atoms with Crippen molar-refractivity contribution in [1.82, 2.24) is 15.0 Å². The Hall–Kier alpha value is -1.63. The smallest absolute Gasteiger partial charge is 0.322 e. The molecule has 0 spiro atoms. The fraction of sp³-hybridized carbons (Fsp3) is 0.571. The Bertz CT molecular complexity index is 311. The third-order valence-corrected chi connectivity index (χ3v) is 1.70. The Morgan fingerprint density at radius 1 is 1.79 bits per heavy atom. The van der Waals surface area contributed by atoms with Crippen molar-refractivity contribution in [3.63, 3.8) is 0 Å². The molecule has 1 heterocycles. The van der Waals surface area contributed by atoms with Gasteiger partial charge in [0.15, 0.2) is 5.82 Å². The average molecular weight is 199 g/mol. The van der Waals surface area contributed by atoms with Crippen molar-refractivity contribution in [1.29, 1.82) is 0 Å². The highest BCUT2D eigenvalue weighted by Crippen LogP contribution is 1.96. The van der Waals surface area contributed by atoms with Crippen LogP contribution in [0.2, 0.25) is 0 Å². The third kappa shape index (κ3) is 2.70. The van der Waals surface area contributed by atoms with Crippen molar-refractivity contribution >= 4 is 11.8 Å². The molecule has 0 saturated heterocycles. The fourth-order valence-electron chi connectivity index (χ4n) is 0.942. The van der Waals surface area contributed by atoms with Gasteiger partial charge in [-0.2, -0.15) is 9.90 Å². The van der Waals surface area contributed by atoms with E-state index in [-0.39, 0.29) is 0 Å². The largest absolute Gasteiger partial charge is 0.468 e. The fourth-order valence-corrected chi connectivity index (χ4v) is 0.942. The van der Waals surface area contributed by atoms with Crippen LogP contribution in [0, 0.1) is 0 Å². The van der Waals surface area contributed by atoms with Gasteiger partial charge >= 0.3 is 5.97 Å². The predicted molar refractivity (Wildman–Crippen MR) is 49.0 cm³/mol. The summed E-state index contributed by atoms with van der Waals surface area (Å²) in [4.78, 5) is 12.3. The van der Waals surface area contributed by atoms with E-state index >= 15 is 0 Å². The number of methoxy groups -OCH3 is 1. The average Bonchev–Trinajstić information content (AvgIpc) is 2.59. The maximum absolute atomic E-state index is 10.9. The SMILES string of the molecule is COC(=O)C(N)CCn1ncc(N)n1. The molecule has 1 atom stereocenters. The Labute approximate surface area is 81.0 Å². The topological polar surface area (TPSA) is 109 Å². The minimum Gasteiger partial charge on any atom is -0.468 e. The molecule has 0 radical (unpaired) electrons. The van der Waals surface area contributed by atoms with Crippen molar-refractivity contribution in [3.05, 3.63) is 6.20 Å². The van der Waals surface area contributed by atoms with Crippen LogP contribution in [-0.4, -0.2) is 34.1 Å². The van der Waals surface area contributed by atoms with Gasteiger partial charge < -0.3 is 16.2 Å². The van der Waals surface area contributed by atoms with Gasteiger partial charge in [-0.15, -0.1) is 5.10 Å². The summed E-state index contributed by atoms with van der Waals surface area (Å²) < 4.78 is 4.47. The van der Waals surface area contributed by atoms with Gasteiger partial charge in [0, 0.05) is 0 Å². The van der Waals surface area contributed by atoms with Gasteiger partial charge in [-0.25, -0.2) is 0 Å². The standard InChI is InChI=1S/C7H13N5O2/c1-14-7(13)5(8)2-3-12-10-4-6(9)11-12/h4-5H,2-3,8H2,1H3,(H2,9,11). The monoisotopic (exact) mass is 199 g/mol. The summed E-state index contributed by atoms with van der Waals surface area (Å²) in [5, 5.41) is 7.69. The van der Waals surface area contributed by atoms with E-state index in [1.807, 2.05) is 0 Å². The molecule has 4 N–H and O–H groups in total. The van der Waals surface area contributed by atoms with E-state index in [0.29, 0.717) is 18.8 Å². The van der Waals surface area contributed by atoms with E-state index in [1.54, 1.807) is 0 Å². The summed E-state index contributed by atoms with van der Waals surface area (Å²) in [6, 6.07) is -0.646. The van der Waals surface area contributed by atoms with Gasteiger partial charge in [-0.05, 0) is 6.42 Å². The van der Waals surface area contributed by atoms with Crippen molar-refractivity contribution in [2.75, 3.05) is 12.8 Å². The number of carbonyl (C=O) groups is 1. The van der Waals surface area contributed by atoms with Crippen LogP contribution in [0.25, 0.3) is 0 Å². The summed E-state index contributed by atoms with van der Waals surface area (Å²) in [5.41, 5.74) is 10.9. The number of nitrogens with zero attached hydrogens (tertiary/aromatic N) is 3. The minimum absolute atomic E-state index is 0.344. The number of ether oxygens (including phenoxy) is 1. The van der Waals surface area contributed by atoms with Crippen LogP contribution in [0.3, 0.4) is 0 Å². The Morgan fingerprint density at radius 3 is 3.00 bits per heavy atom. The molecule has 7 heteroatoms. The molecule has 78 valence electrons. The lowest BCUT2D eigenvalue weighted by atomic mass is 10.2. The van der Waals surface area contributed by atoms with Gasteiger partial charge in [0.1, 0.15) is 6.04 Å². The third-order valence-electron chi connectivity index (χ3n) is 1.70. The number of aromatic nitrogens is 3. The number of aryl methyl sites for hydroxylation is 1. The molecule has 0 aliphatic rings. The predicted octanol–water partition coefficient (Wildman–Crippen LogP) is -1.25. The molecule has 0 amide bonds. The molecule has 0 bridgehead atoms. The second kappa shape index (κ2) is 4.56. The Balaban J connectivity index is 2.37. The quantitative estimate of drug-likeness (QED) is 0.586. The van der Waals surface area contributed by atoms with E-state index in [4.69, 9.17) is 11.5 Å². The molecule has 14 heavy (non-hydrogen) atoms. The van der Waals surface area contributed by atoms with Gasteiger partial charge in [0.05, 0.1) is 19.9 Å². The van der Waals surface area contributed by atoms with Gasteiger partial charge in [-0.3, -0.25) is 4.79 Å². The molecule has 0 aliphatic carbocycles. The zero-order valence-electron chi connectivity index (χ0n) is 7.88. The zero-order chi connectivity index (χ0) is 10.6. The van der Waals surface area contributed by atoms with Crippen LogP contribution in [0.4, 0.5) is 5.82 Å². The van der Waals surface area contributed by atoms with Crippen LogP contribution >= 0.6 is 0 Å². The molecular weight excluding hydrogens is 186 g/mol. The molecule has 1 aromatic heterocycles. The van der Waals surface area contributed by atoms with Crippen molar-refractivity contribution in [2.24, 2.45) is 5.73 Å². The highest BCUT2D eigenvalue weighted by molar-refractivity contribution is 5.75. The second-order valence-electron chi connectivity index (χ2n) is 2.78. The first-order valence-corrected chi connectivity index (χ1v) is 4.12. The van der Waals surface area contributed by atoms with E-state index < -0.39 is 12.0 Å². The van der Waals surface area contributed by atoms with Crippen LogP contribution in [0.1, 0.15) is 6.42 Å². The van der Waals surface area contributed by atoms with Crippen LogP contribution < -0.4 is 11.5 Å². The van der Waals surface area contributed by atoms with E-state index in [2.05, 4.69) is 14.9 Å². The number of rotatable bonds is 4. The summed E-state index contributed by atoms with van der Waals surface area (Å²) in [7, 11) is 1.30. The lowest BCUT2D eigenvalue weighted by Gasteiger charge is -2.07. The molecule has 0 aliphatic heterocycles. The number of carbonyl (C=O) groups excluding carboxylic acids is 1. The maximum Gasteiger partial charge on any atom is 0.322 e. The first-order chi connectivity index (χ1) is 6.63. The first-order valence-electron chi connectivity index (χ1n) is 4.12. The molecule has 0 saturated carbocycles. The minimum atomic E-state index is -0.646. The number of hydrogen-bond acceptors (Lipinski definition) is 6. The zero-order valence-corrected chi connectivity index (χ0v) is 7.88. The first kappa shape index (κ1) is 10.5. The molecule has 0 aromatic carbocycles. The summed E-state index contributed by atoms with van der Waals surface area (Å²) in [6.45, 7) is 0.438. The molecule has 1 unspecified atom stereocenters. The number of nitrogen functional groups attached to an aromatic ring is 1. The molecular formula is C7H13N5O2. The summed E-state index contributed by atoms with van der Waals surface area (Å²) in [6.07, 6.45) is 1.85. The molecule has 0 fully saturated rings. The Morgan fingerprint density at radius 2 is 2.50 bits per heavy atom.